The molecule has 1 unspecified atom stereocenters. The summed E-state index contributed by atoms with van der Waals surface area (Å²) in [5, 5.41) is 9.62. The Hall–Kier alpha value is -0.580. The molecule has 0 saturated heterocycles. The van der Waals surface area contributed by atoms with Gasteiger partial charge < -0.3 is 14.6 Å². The van der Waals surface area contributed by atoms with E-state index in [1.165, 1.54) is 0 Å². The third-order valence-corrected chi connectivity index (χ3v) is 2.79. The summed E-state index contributed by atoms with van der Waals surface area (Å²) in [6.07, 6.45) is -0.518. The lowest BCUT2D eigenvalue weighted by Crippen LogP contribution is -2.16. The monoisotopic (exact) mass is 288 g/mol. The van der Waals surface area contributed by atoms with Gasteiger partial charge in [-0.2, -0.15) is 0 Å². The zero-order chi connectivity index (χ0) is 12.1. The van der Waals surface area contributed by atoms with Crippen molar-refractivity contribution in [3.8, 4) is 5.75 Å². The quantitative estimate of drug-likeness (QED) is 0.905. The Labute approximate surface area is 105 Å². The molecule has 2 atom stereocenters. The van der Waals surface area contributed by atoms with Crippen molar-refractivity contribution in [2.75, 3.05) is 13.7 Å². The summed E-state index contributed by atoms with van der Waals surface area (Å²) in [6, 6.07) is 5.59. The Balaban J connectivity index is 2.78. The van der Waals surface area contributed by atoms with Gasteiger partial charge >= 0.3 is 0 Å². The van der Waals surface area contributed by atoms with E-state index in [9.17, 15) is 5.11 Å². The Kier molecular flexibility index (Phi) is 5.25. The van der Waals surface area contributed by atoms with E-state index in [4.69, 9.17) is 9.47 Å². The molecular weight excluding hydrogens is 272 g/mol. The van der Waals surface area contributed by atoms with E-state index < -0.39 is 6.10 Å². The number of hydrogen-bond donors (Lipinski definition) is 1. The summed E-state index contributed by atoms with van der Waals surface area (Å²) < 4.78 is 11.6. The van der Waals surface area contributed by atoms with Crippen LogP contribution in [0.4, 0.5) is 0 Å². The molecule has 0 spiro atoms. The van der Waals surface area contributed by atoms with Crippen LogP contribution in [0.25, 0.3) is 0 Å². The first-order chi connectivity index (χ1) is 7.54. The molecule has 1 N–H and O–H groups in total. The van der Waals surface area contributed by atoms with E-state index in [0.717, 1.165) is 10.0 Å². The molecule has 16 heavy (non-hydrogen) atoms. The molecule has 0 aliphatic carbocycles. The van der Waals surface area contributed by atoms with Gasteiger partial charge in [0.05, 0.1) is 12.2 Å². The molecule has 0 saturated carbocycles. The molecule has 0 bridgehead atoms. The average Bonchev–Trinajstić information content (AvgIpc) is 2.26. The fraction of sp³-hybridized carbons (Fsp3) is 0.500. The molecule has 0 aromatic heterocycles. The minimum atomic E-state index is -0.551. The highest BCUT2D eigenvalue weighted by molar-refractivity contribution is 9.10. The van der Waals surface area contributed by atoms with Gasteiger partial charge in [-0.25, -0.2) is 0 Å². The van der Waals surface area contributed by atoms with Crippen molar-refractivity contribution >= 4 is 15.9 Å². The molecule has 1 aromatic carbocycles. The molecule has 0 radical (unpaired) electrons. The van der Waals surface area contributed by atoms with E-state index in [1.54, 1.807) is 14.0 Å². The molecule has 0 aliphatic heterocycles. The van der Waals surface area contributed by atoms with Gasteiger partial charge in [-0.05, 0) is 32.0 Å². The zero-order valence-electron chi connectivity index (χ0n) is 9.74. The maximum atomic E-state index is 9.62. The van der Waals surface area contributed by atoms with Crippen LogP contribution in [0.3, 0.4) is 0 Å². The van der Waals surface area contributed by atoms with Crippen molar-refractivity contribution in [1.82, 2.24) is 0 Å². The first-order valence-corrected chi connectivity index (χ1v) is 5.97. The van der Waals surface area contributed by atoms with E-state index in [-0.39, 0.29) is 6.10 Å². The van der Waals surface area contributed by atoms with E-state index >= 15 is 0 Å². The van der Waals surface area contributed by atoms with Gasteiger partial charge in [-0.15, -0.1) is 0 Å². The van der Waals surface area contributed by atoms with Crippen molar-refractivity contribution in [1.29, 1.82) is 0 Å². The third-order valence-electron chi connectivity index (χ3n) is 2.30. The van der Waals surface area contributed by atoms with Crippen LogP contribution in [-0.2, 0) is 4.74 Å². The second-order valence-electron chi connectivity index (χ2n) is 3.72. The number of hydrogen-bond acceptors (Lipinski definition) is 3. The fourth-order valence-corrected chi connectivity index (χ4v) is 1.63. The molecule has 90 valence electrons. The second-order valence-corrected chi connectivity index (χ2v) is 4.63. The predicted molar refractivity (Wildman–Crippen MR) is 66.7 cm³/mol. The number of methoxy groups -OCH3 is 1. The lowest BCUT2D eigenvalue weighted by molar-refractivity contribution is 0.0700. The van der Waals surface area contributed by atoms with Crippen molar-refractivity contribution in [2.24, 2.45) is 0 Å². The van der Waals surface area contributed by atoms with Crippen LogP contribution in [0.15, 0.2) is 22.7 Å². The van der Waals surface area contributed by atoms with Crippen LogP contribution < -0.4 is 4.74 Å². The molecule has 1 aromatic rings. The van der Waals surface area contributed by atoms with E-state index in [1.807, 2.05) is 25.1 Å². The summed E-state index contributed by atoms with van der Waals surface area (Å²) in [4.78, 5) is 0. The number of halogens is 1. The van der Waals surface area contributed by atoms with Crippen molar-refractivity contribution < 1.29 is 14.6 Å². The number of rotatable bonds is 5. The Morgan fingerprint density at radius 3 is 2.62 bits per heavy atom. The van der Waals surface area contributed by atoms with Gasteiger partial charge in [0.2, 0.25) is 0 Å². The molecule has 4 heteroatoms. The fourth-order valence-electron chi connectivity index (χ4n) is 1.25. The second kappa shape index (κ2) is 6.23. The number of benzene rings is 1. The maximum absolute atomic E-state index is 9.62. The average molecular weight is 289 g/mol. The van der Waals surface area contributed by atoms with Crippen molar-refractivity contribution in [3.63, 3.8) is 0 Å². The normalized spacial score (nSPS) is 14.6. The minimum Gasteiger partial charge on any atom is -0.491 e. The standard InChI is InChI=1S/C12H17BrO3/c1-8(15-3)7-16-12-5-4-10(13)6-11(12)9(2)14/h4-6,8-9,14H,7H2,1-3H3/t8?,9-/m1/s1. The molecule has 1 rings (SSSR count). The van der Waals surface area contributed by atoms with E-state index in [0.29, 0.717) is 12.4 Å². The Morgan fingerprint density at radius 2 is 2.06 bits per heavy atom. The predicted octanol–water partition coefficient (Wildman–Crippen LogP) is 2.92. The molecule has 0 aliphatic rings. The van der Waals surface area contributed by atoms with Gasteiger partial charge in [0.25, 0.3) is 0 Å². The van der Waals surface area contributed by atoms with Crippen LogP contribution in [0, 0.1) is 0 Å². The summed E-state index contributed by atoms with van der Waals surface area (Å²) in [5.41, 5.74) is 0.776. The summed E-state index contributed by atoms with van der Waals surface area (Å²) in [5.74, 6) is 0.696. The van der Waals surface area contributed by atoms with Gasteiger partial charge in [0, 0.05) is 17.1 Å². The lowest BCUT2D eigenvalue weighted by Gasteiger charge is -2.16. The Morgan fingerprint density at radius 1 is 1.38 bits per heavy atom. The lowest BCUT2D eigenvalue weighted by atomic mass is 10.1. The van der Waals surface area contributed by atoms with Crippen LogP contribution >= 0.6 is 15.9 Å². The molecule has 0 amide bonds. The molecule has 0 heterocycles. The summed E-state index contributed by atoms with van der Waals surface area (Å²) >= 11 is 3.37. The molecule has 0 fully saturated rings. The molecular formula is C12H17BrO3. The largest absolute Gasteiger partial charge is 0.491 e. The highest BCUT2D eigenvalue weighted by Crippen LogP contribution is 2.28. The minimum absolute atomic E-state index is 0.0329. The molecule has 3 nitrogen and oxygen atoms in total. The van der Waals surface area contributed by atoms with Crippen molar-refractivity contribution in [2.45, 2.75) is 26.1 Å². The highest BCUT2D eigenvalue weighted by Gasteiger charge is 2.11. The maximum Gasteiger partial charge on any atom is 0.125 e. The smallest absolute Gasteiger partial charge is 0.125 e. The summed E-state index contributed by atoms with van der Waals surface area (Å²) in [7, 11) is 1.64. The number of ether oxygens (including phenoxy) is 2. The topological polar surface area (TPSA) is 38.7 Å². The van der Waals surface area contributed by atoms with Crippen LogP contribution in [0.5, 0.6) is 5.75 Å². The van der Waals surface area contributed by atoms with Gasteiger partial charge in [0.15, 0.2) is 0 Å². The van der Waals surface area contributed by atoms with Crippen LogP contribution in [-0.4, -0.2) is 24.9 Å². The van der Waals surface area contributed by atoms with Gasteiger partial charge in [-0.3, -0.25) is 0 Å². The highest BCUT2D eigenvalue weighted by atomic mass is 79.9. The Bertz CT molecular complexity index is 339. The van der Waals surface area contributed by atoms with Crippen molar-refractivity contribution in [3.05, 3.63) is 28.2 Å². The third kappa shape index (κ3) is 3.77. The van der Waals surface area contributed by atoms with Gasteiger partial charge in [-0.1, -0.05) is 15.9 Å². The first-order valence-electron chi connectivity index (χ1n) is 5.17. The first kappa shape index (κ1) is 13.5. The number of aliphatic hydroxyl groups excluding tert-OH is 1. The number of aliphatic hydroxyl groups is 1. The van der Waals surface area contributed by atoms with E-state index in [2.05, 4.69) is 15.9 Å². The summed E-state index contributed by atoms with van der Waals surface area (Å²) in [6.45, 7) is 4.12. The van der Waals surface area contributed by atoms with Crippen LogP contribution in [0.2, 0.25) is 0 Å². The van der Waals surface area contributed by atoms with Crippen LogP contribution in [0.1, 0.15) is 25.5 Å². The zero-order valence-corrected chi connectivity index (χ0v) is 11.3. The van der Waals surface area contributed by atoms with Gasteiger partial charge in [0.1, 0.15) is 12.4 Å². The SMILES string of the molecule is COC(C)COc1ccc(Br)cc1[C@@H](C)O.